The Hall–Kier alpha value is -1.22. The molecule has 0 saturated carbocycles. The summed E-state index contributed by atoms with van der Waals surface area (Å²) in [5, 5.41) is 0.709. The van der Waals surface area contributed by atoms with Crippen molar-refractivity contribution in [1.82, 2.24) is 4.90 Å². The zero-order chi connectivity index (χ0) is 14.7. The summed E-state index contributed by atoms with van der Waals surface area (Å²) < 4.78 is 5.75. The number of rotatable bonds is 3. The second kappa shape index (κ2) is 6.49. The molecule has 0 aliphatic carbocycles. The molecule has 2 atom stereocenters. The number of carbonyl (C=O) groups is 1. The molecule has 1 aliphatic heterocycles. The van der Waals surface area contributed by atoms with Crippen molar-refractivity contribution in [2.45, 2.75) is 39.7 Å². The number of hydrogen-bond donors (Lipinski definition) is 0. The monoisotopic (exact) mass is 295 g/mol. The average molecular weight is 296 g/mol. The Kier molecular flexibility index (Phi) is 4.92. The van der Waals surface area contributed by atoms with E-state index in [0.29, 0.717) is 16.7 Å². The third kappa shape index (κ3) is 3.66. The highest BCUT2D eigenvalue weighted by Gasteiger charge is 2.26. The molecule has 0 spiro atoms. The lowest BCUT2D eigenvalue weighted by molar-refractivity contribution is -0.139. The first-order valence-corrected chi connectivity index (χ1v) is 7.56. The minimum Gasteiger partial charge on any atom is -0.481 e. The predicted octanol–water partition coefficient (Wildman–Crippen LogP) is 3.67. The highest BCUT2D eigenvalue weighted by Crippen LogP contribution is 2.23. The molecule has 1 aliphatic rings. The van der Waals surface area contributed by atoms with Crippen LogP contribution in [0.15, 0.2) is 18.2 Å². The fourth-order valence-electron chi connectivity index (χ4n) is 2.59. The Morgan fingerprint density at radius 3 is 2.90 bits per heavy atom. The number of piperidine rings is 1. The highest BCUT2D eigenvalue weighted by molar-refractivity contribution is 6.31. The summed E-state index contributed by atoms with van der Waals surface area (Å²) >= 11 is 5.99. The van der Waals surface area contributed by atoms with Gasteiger partial charge >= 0.3 is 0 Å². The summed E-state index contributed by atoms with van der Waals surface area (Å²) in [6, 6.07) is 5.47. The summed E-state index contributed by atoms with van der Waals surface area (Å²) in [5.41, 5.74) is 0.954. The molecule has 0 N–H and O–H groups in total. The Bertz CT molecular complexity index is 489. The van der Waals surface area contributed by atoms with E-state index in [-0.39, 0.29) is 5.91 Å². The molecule has 1 heterocycles. The number of nitrogens with zero attached hydrogens (tertiary/aromatic N) is 1. The fraction of sp³-hybridized carbons (Fsp3) is 0.562. The van der Waals surface area contributed by atoms with Crippen molar-refractivity contribution in [3.63, 3.8) is 0 Å². The second-order valence-corrected chi connectivity index (χ2v) is 6.11. The van der Waals surface area contributed by atoms with Gasteiger partial charge in [0.1, 0.15) is 5.75 Å². The maximum absolute atomic E-state index is 12.4. The van der Waals surface area contributed by atoms with Crippen LogP contribution in [0.2, 0.25) is 5.02 Å². The molecule has 1 saturated heterocycles. The third-order valence-electron chi connectivity index (χ3n) is 3.76. The topological polar surface area (TPSA) is 29.5 Å². The van der Waals surface area contributed by atoms with Crippen LogP contribution in [0.5, 0.6) is 5.75 Å². The van der Waals surface area contributed by atoms with E-state index in [1.54, 1.807) is 12.1 Å². The number of hydrogen-bond acceptors (Lipinski definition) is 2. The van der Waals surface area contributed by atoms with Crippen LogP contribution in [0, 0.1) is 12.8 Å². The molecular weight excluding hydrogens is 274 g/mol. The number of ether oxygens (including phenoxy) is 1. The Morgan fingerprint density at radius 1 is 1.50 bits per heavy atom. The highest BCUT2D eigenvalue weighted by atomic mass is 35.5. The zero-order valence-electron chi connectivity index (χ0n) is 12.4. The van der Waals surface area contributed by atoms with Gasteiger partial charge in [0.2, 0.25) is 0 Å². The predicted molar refractivity (Wildman–Crippen MR) is 81.3 cm³/mol. The SMILES string of the molecule is Cc1cc(OC(C)C(=O)N2CCCC(C)C2)ccc1Cl. The normalized spacial score (nSPS) is 20.6. The summed E-state index contributed by atoms with van der Waals surface area (Å²) in [4.78, 5) is 14.3. The van der Waals surface area contributed by atoms with Gasteiger partial charge in [0, 0.05) is 18.1 Å². The van der Waals surface area contributed by atoms with Crippen LogP contribution in [0.25, 0.3) is 0 Å². The van der Waals surface area contributed by atoms with Crippen molar-refractivity contribution >= 4 is 17.5 Å². The van der Waals surface area contributed by atoms with E-state index in [4.69, 9.17) is 16.3 Å². The summed E-state index contributed by atoms with van der Waals surface area (Å²) in [6.07, 6.45) is 1.83. The van der Waals surface area contributed by atoms with Crippen LogP contribution in [-0.2, 0) is 4.79 Å². The van der Waals surface area contributed by atoms with Gasteiger partial charge in [0.15, 0.2) is 6.10 Å². The lowest BCUT2D eigenvalue weighted by Gasteiger charge is -2.32. The van der Waals surface area contributed by atoms with Gasteiger partial charge in [-0.05, 0) is 56.4 Å². The third-order valence-corrected chi connectivity index (χ3v) is 4.18. The van der Waals surface area contributed by atoms with E-state index in [2.05, 4.69) is 6.92 Å². The summed E-state index contributed by atoms with van der Waals surface area (Å²) in [7, 11) is 0. The molecule has 0 radical (unpaired) electrons. The number of benzene rings is 1. The van der Waals surface area contributed by atoms with Crippen molar-refractivity contribution in [2.75, 3.05) is 13.1 Å². The van der Waals surface area contributed by atoms with Crippen molar-refractivity contribution in [3.05, 3.63) is 28.8 Å². The quantitative estimate of drug-likeness (QED) is 0.851. The van der Waals surface area contributed by atoms with Crippen LogP contribution < -0.4 is 4.74 Å². The van der Waals surface area contributed by atoms with E-state index in [1.807, 2.05) is 24.8 Å². The molecule has 1 fully saturated rings. The van der Waals surface area contributed by atoms with Gasteiger partial charge in [-0.1, -0.05) is 18.5 Å². The summed E-state index contributed by atoms with van der Waals surface area (Å²) in [6.45, 7) is 7.61. The van der Waals surface area contributed by atoms with Crippen molar-refractivity contribution in [1.29, 1.82) is 0 Å². The number of amides is 1. The van der Waals surface area contributed by atoms with E-state index in [1.165, 1.54) is 6.42 Å². The smallest absolute Gasteiger partial charge is 0.263 e. The largest absolute Gasteiger partial charge is 0.481 e. The van der Waals surface area contributed by atoms with Gasteiger partial charge in [0.05, 0.1) is 0 Å². The number of halogens is 1. The van der Waals surface area contributed by atoms with Crippen molar-refractivity contribution in [3.8, 4) is 5.75 Å². The van der Waals surface area contributed by atoms with Crippen molar-refractivity contribution < 1.29 is 9.53 Å². The maximum Gasteiger partial charge on any atom is 0.263 e. The zero-order valence-corrected chi connectivity index (χ0v) is 13.1. The standard InChI is InChI=1S/C16H22ClNO2/c1-11-5-4-8-18(10-11)16(19)13(3)20-14-6-7-15(17)12(2)9-14/h6-7,9,11,13H,4-5,8,10H2,1-3H3. The van der Waals surface area contributed by atoms with Crippen LogP contribution in [-0.4, -0.2) is 30.0 Å². The van der Waals surface area contributed by atoms with E-state index < -0.39 is 6.10 Å². The molecular formula is C16H22ClNO2. The molecule has 0 bridgehead atoms. The first kappa shape index (κ1) is 15.2. The molecule has 2 rings (SSSR count). The molecule has 1 aromatic carbocycles. The Morgan fingerprint density at radius 2 is 2.25 bits per heavy atom. The van der Waals surface area contributed by atoms with E-state index >= 15 is 0 Å². The molecule has 4 heteroatoms. The average Bonchev–Trinajstić information content (AvgIpc) is 2.42. The van der Waals surface area contributed by atoms with Gasteiger partial charge in [-0.2, -0.15) is 0 Å². The van der Waals surface area contributed by atoms with Gasteiger partial charge in [0.25, 0.3) is 5.91 Å². The second-order valence-electron chi connectivity index (χ2n) is 5.70. The van der Waals surface area contributed by atoms with E-state index in [0.717, 1.165) is 25.1 Å². The molecule has 1 amide bonds. The Labute approximate surface area is 125 Å². The van der Waals surface area contributed by atoms with Crippen molar-refractivity contribution in [2.24, 2.45) is 5.92 Å². The van der Waals surface area contributed by atoms with Crippen LogP contribution >= 0.6 is 11.6 Å². The minimum atomic E-state index is -0.458. The van der Waals surface area contributed by atoms with Gasteiger partial charge in [-0.15, -0.1) is 0 Å². The maximum atomic E-state index is 12.4. The number of likely N-dealkylation sites (tertiary alicyclic amines) is 1. The van der Waals surface area contributed by atoms with E-state index in [9.17, 15) is 4.79 Å². The molecule has 1 aromatic rings. The lowest BCUT2D eigenvalue weighted by Crippen LogP contribution is -2.45. The molecule has 2 unspecified atom stereocenters. The van der Waals surface area contributed by atoms with Gasteiger partial charge < -0.3 is 9.64 Å². The fourth-order valence-corrected chi connectivity index (χ4v) is 2.71. The van der Waals surface area contributed by atoms with Crippen LogP contribution in [0.4, 0.5) is 0 Å². The molecule has 0 aromatic heterocycles. The number of carbonyl (C=O) groups excluding carboxylic acids is 1. The molecule has 110 valence electrons. The number of aryl methyl sites for hydroxylation is 1. The molecule has 3 nitrogen and oxygen atoms in total. The van der Waals surface area contributed by atoms with Crippen LogP contribution in [0.1, 0.15) is 32.3 Å². The van der Waals surface area contributed by atoms with Gasteiger partial charge in [-0.25, -0.2) is 0 Å². The first-order chi connectivity index (χ1) is 9.47. The summed E-state index contributed by atoms with van der Waals surface area (Å²) in [5.74, 6) is 1.35. The first-order valence-electron chi connectivity index (χ1n) is 7.19. The Balaban J connectivity index is 1.98. The lowest BCUT2D eigenvalue weighted by atomic mass is 10.00. The minimum absolute atomic E-state index is 0.0733. The molecule has 20 heavy (non-hydrogen) atoms. The van der Waals surface area contributed by atoms with Gasteiger partial charge in [-0.3, -0.25) is 4.79 Å². The van der Waals surface area contributed by atoms with Crippen LogP contribution in [0.3, 0.4) is 0 Å².